The molecule has 3 saturated heterocycles. The van der Waals surface area contributed by atoms with Gasteiger partial charge < -0.3 is 34.2 Å². The van der Waals surface area contributed by atoms with E-state index in [-0.39, 0.29) is 11.5 Å². The number of nitrogens with one attached hydrogen (secondary N) is 1. The van der Waals surface area contributed by atoms with Gasteiger partial charge in [-0.05, 0) is 39.8 Å². The monoisotopic (exact) mass is 455 g/mol. The normalized spacial score (nSPS) is 36.9. The van der Waals surface area contributed by atoms with E-state index in [0.29, 0.717) is 17.9 Å². The first-order valence-electron chi connectivity index (χ1n) is 9.94. The first kappa shape index (κ1) is 20.9. The predicted molar refractivity (Wildman–Crippen MR) is 108 cm³/mol. The maximum Gasteiger partial charge on any atom is 0.344 e. The highest BCUT2D eigenvalue weighted by molar-refractivity contribution is 7.91. The molecule has 4 aliphatic rings. The third-order valence-corrected chi connectivity index (χ3v) is 6.34. The molecule has 4 heterocycles. The number of hydrogen-bond acceptors (Lipinski definition) is 9. The van der Waals surface area contributed by atoms with Crippen LogP contribution in [0.1, 0.15) is 33.3 Å². The highest BCUT2D eigenvalue weighted by Gasteiger charge is 2.59. The highest BCUT2D eigenvalue weighted by Crippen LogP contribution is 2.43. The van der Waals surface area contributed by atoms with Gasteiger partial charge in [-0.2, -0.15) is 8.42 Å². The number of hydrogen-bond donors (Lipinski definition) is 2. The molecule has 3 fully saturated rings. The lowest BCUT2D eigenvalue weighted by Crippen LogP contribution is -2.46. The summed E-state index contributed by atoms with van der Waals surface area (Å²) in [5.41, 5.74) is 6.59. The molecule has 0 aliphatic carbocycles. The Morgan fingerprint density at radius 2 is 1.90 bits per heavy atom. The molecule has 0 radical (unpaired) electrons. The minimum Gasteiger partial charge on any atom is -0.484 e. The first-order valence-corrected chi connectivity index (χ1v) is 11.4. The van der Waals surface area contributed by atoms with Crippen LogP contribution >= 0.6 is 0 Å². The number of amidine groups is 1. The maximum atomic E-state index is 11.9. The Hall–Kier alpha value is -1.96. The van der Waals surface area contributed by atoms with Crippen LogP contribution in [-0.4, -0.2) is 63.1 Å². The van der Waals surface area contributed by atoms with Crippen molar-refractivity contribution in [2.45, 2.75) is 70.0 Å². The molecular weight excluding hydrogens is 430 g/mol. The summed E-state index contributed by atoms with van der Waals surface area (Å²) in [6, 6.07) is 4.93. The van der Waals surface area contributed by atoms with Crippen LogP contribution in [0, 0.1) is 0 Å². The fraction of sp³-hybridized carbons (Fsp3) is 0.632. The SMILES string of the molecule is CC1(C)O[C@H]2O[C@H]([C@@H]3COC(C)(C)O3)[C@H](Oc3cccc4c3C(N)=NS(=O)(=O)N4)[C@H]2O1. The van der Waals surface area contributed by atoms with Crippen molar-refractivity contribution in [1.29, 1.82) is 0 Å². The van der Waals surface area contributed by atoms with E-state index in [4.69, 9.17) is 34.2 Å². The van der Waals surface area contributed by atoms with Crippen molar-refractivity contribution in [1.82, 2.24) is 0 Å². The zero-order valence-corrected chi connectivity index (χ0v) is 18.3. The van der Waals surface area contributed by atoms with Crippen LogP contribution in [0.5, 0.6) is 5.75 Å². The standard InChI is InChI=1S/C19H25N3O8S/c1-18(2)25-8-11(28-18)13-14(15-17(27-13)30-19(3,4)29-15)26-10-7-5-6-9-12(10)16(20)22-31(23,24)21-9/h5-7,11,13-15,17,21H,8H2,1-4H3,(H2,20,22)/t11-,13+,14-,15+,17+/m0/s1. The van der Waals surface area contributed by atoms with Gasteiger partial charge in [-0.3, -0.25) is 4.72 Å². The number of nitrogens with zero attached hydrogens (tertiary/aromatic N) is 1. The summed E-state index contributed by atoms with van der Waals surface area (Å²) in [4.78, 5) is 0. The van der Waals surface area contributed by atoms with Crippen molar-refractivity contribution < 1.29 is 36.8 Å². The van der Waals surface area contributed by atoms with Gasteiger partial charge >= 0.3 is 10.2 Å². The summed E-state index contributed by atoms with van der Waals surface area (Å²) in [6.07, 6.45) is -2.79. The van der Waals surface area contributed by atoms with Gasteiger partial charge in [-0.15, -0.1) is 4.40 Å². The third kappa shape index (κ3) is 3.77. The van der Waals surface area contributed by atoms with Gasteiger partial charge in [0.1, 0.15) is 18.0 Å². The van der Waals surface area contributed by atoms with E-state index in [0.717, 1.165) is 0 Å². The number of benzene rings is 1. The third-order valence-electron chi connectivity index (χ3n) is 5.43. The van der Waals surface area contributed by atoms with Crippen molar-refractivity contribution in [2.75, 3.05) is 11.3 Å². The number of fused-ring (bicyclic) bond motifs is 2. The van der Waals surface area contributed by atoms with Gasteiger partial charge in [-0.1, -0.05) is 6.07 Å². The highest BCUT2D eigenvalue weighted by atomic mass is 32.2. The van der Waals surface area contributed by atoms with Crippen LogP contribution in [0.4, 0.5) is 5.69 Å². The topological polar surface area (TPSA) is 140 Å². The molecule has 1 aromatic rings. The van der Waals surface area contributed by atoms with E-state index in [1.54, 1.807) is 32.0 Å². The minimum atomic E-state index is -3.90. The molecule has 12 heteroatoms. The van der Waals surface area contributed by atoms with Gasteiger partial charge in [0.25, 0.3) is 0 Å². The first-order chi connectivity index (χ1) is 14.4. The van der Waals surface area contributed by atoms with E-state index in [9.17, 15) is 8.42 Å². The van der Waals surface area contributed by atoms with Crippen LogP contribution in [0.25, 0.3) is 0 Å². The summed E-state index contributed by atoms with van der Waals surface area (Å²) in [6.45, 7) is 7.56. The second-order valence-electron chi connectivity index (χ2n) is 8.75. The summed E-state index contributed by atoms with van der Waals surface area (Å²) in [5.74, 6) is -1.42. The van der Waals surface area contributed by atoms with Crippen LogP contribution in [-0.2, 0) is 33.9 Å². The number of nitrogens with two attached hydrogens (primary N) is 1. The quantitative estimate of drug-likeness (QED) is 0.678. The molecule has 5 rings (SSSR count). The molecule has 1 aromatic carbocycles. The molecule has 170 valence electrons. The Morgan fingerprint density at radius 3 is 2.61 bits per heavy atom. The molecule has 0 aromatic heterocycles. The molecule has 0 spiro atoms. The van der Waals surface area contributed by atoms with Crippen molar-refractivity contribution in [2.24, 2.45) is 10.1 Å². The lowest BCUT2D eigenvalue weighted by atomic mass is 10.0. The smallest absolute Gasteiger partial charge is 0.344 e. The summed E-state index contributed by atoms with van der Waals surface area (Å²) in [7, 11) is -3.90. The van der Waals surface area contributed by atoms with Gasteiger partial charge in [-0.25, -0.2) is 0 Å². The molecule has 31 heavy (non-hydrogen) atoms. The van der Waals surface area contributed by atoms with Gasteiger partial charge in [0, 0.05) is 0 Å². The van der Waals surface area contributed by atoms with E-state index in [1.807, 2.05) is 13.8 Å². The molecule has 0 bridgehead atoms. The van der Waals surface area contributed by atoms with E-state index in [2.05, 4.69) is 9.12 Å². The number of rotatable bonds is 3. The zero-order valence-electron chi connectivity index (χ0n) is 17.5. The van der Waals surface area contributed by atoms with Crippen molar-refractivity contribution >= 4 is 21.7 Å². The van der Waals surface area contributed by atoms with E-state index < -0.39 is 52.5 Å². The van der Waals surface area contributed by atoms with Crippen LogP contribution < -0.4 is 15.2 Å². The van der Waals surface area contributed by atoms with E-state index >= 15 is 0 Å². The predicted octanol–water partition coefficient (Wildman–Crippen LogP) is 0.838. The molecule has 0 saturated carbocycles. The summed E-state index contributed by atoms with van der Waals surface area (Å²) >= 11 is 0. The molecule has 3 N–H and O–H groups in total. The largest absolute Gasteiger partial charge is 0.484 e. The average molecular weight is 455 g/mol. The zero-order chi connectivity index (χ0) is 22.2. The van der Waals surface area contributed by atoms with Crippen LogP contribution in [0.15, 0.2) is 22.6 Å². The Bertz CT molecular complexity index is 1040. The molecule has 0 unspecified atom stereocenters. The summed E-state index contributed by atoms with van der Waals surface area (Å²) < 4.78 is 65.8. The van der Waals surface area contributed by atoms with Gasteiger partial charge in [0.2, 0.25) is 0 Å². The van der Waals surface area contributed by atoms with Gasteiger partial charge in [0.15, 0.2) is 35.9 Å². The van der Waals surface area contributed by atoms with Crippen molar-refractivity contribution in [3.05, 3.63) is 23.8 Å². The maximum absolute atomic E-state index is 11.9. The Morgan fingerprint density at radius 1 is 1.13 bits per heavy atom. The Labute approximate surface area is 180 Å². The van der Waals surface area contributed by atoms with Gasteiger partial charge in [0.05, 0.1) is 17.9 Å². The second kappa shape index (κ2) is 6.77. The van der Waals surface area contributed by atoms with Crippen LogP contribution in [0.3, 0.4) is 0 Å². The molecule has 11 nitrogen and oxygen atoms in total. The molecule has 0 amide bonds. The van der Waals surface area contributed by atoms with Crippen LogP contribution in [0.2, 0.25) is 0 Å². The van der Waals surface area contributed by atoms with Crippen molar-refractivity contribution in [3.63, 3.8) is 0 Å². The fourth-order valence-corrected chi connectivity index (χ4v) is 5.12. The number of anilines is 1. The Balaban J connectivity index is 1.49. The fourth-order valence-electron chi connectivity index (χ4n) is 4.28. The Kier molecular flexibility index (Phi) is 4.57. The molecule has 4 aliphatic heterocycles. The minimum absolute atomic E-state index is 0.165. The lowest BCUT2D eigenvalue weighted by molar-refractivity contribution is -0.230. The molecule has 5 atom stereocenters. The average Bonchev–Trinajstić information content (AvgIpc) is 3.23. The lowest BCUT2D eigenvalue weighted by Gasteiger charge is -2.30. The number of ether oxygens (including phenoxy) is 6. The molecular formula is C19H25N3O8S. The van der Waals surface area contributed by atoms with E-state index in [1.165, 1.54) is 0 Å². The second-order valence-corrected chi connectivity index (χ2v) is 10.1. The summed E-state index contributed by atoms with van der Waals surface area (Å²) in [5, 5.41) is 0. The van der Waals surface area contributed by atoms with Crippen molar-refractivity contribution in [3.8, 4) is 5.75 Å².